The van der Waals surface area contributed by atoms with E-state index in [4.69, 9.17) is 4.74 Å². The van der Waals surface area contributed by atoms with Crippen LogP contribution in [0.1, 0.15) is 33.1 Å². The minimum absolute atomic E-state index is 0.366. The van der Waals surface area contributed by atoms with E-state index in [2.05, 4.69) is 19.2 Å². The molecule has 0 bridgehead atoms. The van der Waals surface area contributed by atoms with Crippen molar-refractivity contribution in [1.82, 2.24) is 5.32 Å². The summed E-state index contributed by atoms with van der Waals surface area (Å²) in [6.45, 7) is 6.31. The van der Waals surface area contributed by atoms with Crippen molar-refractivity contribution in [3.05, 3.63) is 0 Å². The molecule has 2 atom stereocenters. The molecule has 0 aliphatic heterocycles. The Labute approximate surface area is 110 Å². The summed E-state index contributed by atoms with van der Waals surface area (Å²) in [5.74, 6) is 3.16. The molecule has 0 aromatic rings. The van der Waals surface area contributed by atoms with E-state index in [9.17, 15) is 5.11 Å². The van der Waals surface area contributed by atoms with E-state index in [-0.39, 0.29) is 6.10 Å². The Morgan fingerprint density at radius 3 is 2.88 bits per heavy atom. The summed E-state index contributed by atoms with van der Waals surface area (Å²) in [6, 6.07) is 0.479. The summed E-state index contributed by atoms with van der Waals surface area (Å²) in [5, 5.41) is 13.1. The van der Waals surface area contributed by atoms with Crippen molar-refractivity contribution >= 4 is 11.8 Å². The SMILES string of the molecule is CCSCCC(C)NCC(O)COCC1CC1. The van der Waals surface area contributed by atoms with Crippen LogP contribution in [0.3, 0.4) is 0 Å². The molecule has 1 aliphatic carbocycles. The van der Waals surface area contributed by atoms with E-state index in [1.165, 1.54) is 24.3 Å². The highest BCUT2D eigenvalue weighted by molar-refractivity contribution is 7.99. The maximum atomic E-state index is 9.71. The lowest BCUT2D eigenvalue weighted by molar-refractivity contribution is 0.0315. The summed E-state index contributed by atoms with van der Waals surface area (Å²) in [4.78, 5) is 0. The molecule has 2 unspecified atom stereocenters. The average molecular weight is 261 g/mol. The second kappa shape index (κ2) is 9.20. The fraction of sp³-hybridized carbons (Fsp3) is 1.00. The summed E-state index contributed by atoms with van der Waals surface area (Å²) >= 11 is 1.97. The minimum Gasteiger partial charge on any atom is -0.389 e. The average Bonchev–Trinajstić information content (AvgIpc) is 3.11. The largest absolute Gasteiger partial charge is 0.389 e. The van der Waals surface area contributed by atoms with Crippen molar-refractivity contribution in [2.75, 3.05) is 31.3 Å². The minimum atomic E-state index is -0.366. The standard InChI is InChI=1S/C13H27NO2S/c1-3-17-7-6-11(2)14-8-13(15)10-16-9-12-4-5-12/h11-15H,3-10H2,1-2H3. The molecule has 102 valence electrons. The highest BCUT2D eigenvalue weighted by Gasteiger charge is 2.21. The monoisotopic (exact) mass is 261 g/mol. The van der Waals surface area contributed by atoms with Crippen LogP contribution in [0.2, 0.25) is 0 Å². The third-order valence-corrected chi connectivity index (χ3v) is 3.89. The first-order valence-corrected chi connectivity index (χ1v) is 7.94. The molecule has 0 heterocycles. The number of aliphatic hydroxyl groups excluding tert-OH is 1. The lowest BCUT2D eigenvalue weighted by Crippen LogP contribution is -2.36. The maximum Gasteiger partial charge on any atom is 0.0897 e. The number of hydrogen-bond donors (Lipinski definition) is 2. The van der Waals surface area contributed by atoms with Crippen molar-refractivity contribution < 1.29 is 9.84 Å². The molecule has 17 heavy (non-hydrogen) atoms. The fourth-order valence-corrected chi connectivity index (χ4v) is 2.37. The van der Waals surface area contributed by atoms with Gasteiger partial charge in [0.25, 0.3) is 0 Å². The van der Waals surface area contributed by atoms with Crippen LogP contribution in [0.25, 0.3) is 0 Å². The van der Waals surface area contributed by atoms with Gasteiger partial charge in [0.1, 0.15) is 0 Å². The lowest BCUT2D eigenvalue weighted by Gasteiger charge is -2.17. The Morgan fingerprint density at radius 1 is 1.47 bits per heavy atom. The lowest BCUT2D eigenvalue weighted by atomic mass is 10.2. The predicted molar refractivity (Wildman–Crippen MR) is 74.6 cm³/mol. The molecule has 3 nitrogen and oxygen atoms in total. The zero-order valence-electron chi connectivity index (χ0n) is 11.2. The van der Waals surface area contributed by atoms with Gasteiger partial charge in [-0.1, -0.05) is 6.92 Å². The maximum absolute atomic E-state index is 9.71. The molecule has 0 spiro atoms. The zero-order valence-corrected chi connectivity index (χ0v) is 12.0. The molecule has 0 aromatic heterocycles. The van der Waals surface area contributed by atoms with E-state index in [0.717, 1.165) is 18.9 Å². The van der Waals surface area contributed by atoms with Crippen molar-refractivity contribution in [1.29, 1.82) is 0 Å². The number of rotatable bonds is 11. The van der Waals surface area contributed by atoms with Crippen LogP contribution < -0.4 is 5.32 Å². The molecule has 1 saturated carbocycles. The molecule has 4 heteroatoms. The Bertz CT molecular complexity index is 188. The second-order valence-corrected chi connectivity index (χ2v) is 6.32. The van der Waals surface area contributed by atoms with E-state index in [1.54, 1.807) is 0 Å². The number of nitrogens with one attached hydrogen (secondary N) is 1. The van der Waals surface area contributed by atoms with Crippen LogP contribution in [0.15, 0.2) is 0 Å². The first kappa shape index (κ1) is 15.3. The van der Waals surface area contributed by atoms with Crippen LogP contribution in [-0.2, 0) is 4.74 Å². The smallest absolute Gasteiger partial charge is 0.0897 e. The molecular weight excluding hydrogens is 234 g/mol. The van der Waals surface area contributed by atoms with Gasteiger partial charge in [-0.15, -0.1) is 0 Å². The molecular formula is C13H27NO2S. The molecule has 0 aromatic carbocycles. The van der Waals surface area contributed by atoms with Crippen molar-refractivity contribution in [3.8, 4) is 0 Å². The number of hydrogen-bond acceptors (Lipinski definition) is 4. The summed E-state index contributed by atoms with van der Waals surface area (Å²) < 4.78 is 5.46. The van der Waals surface area contributed by atoms with Gasteiger partial charge in [0.2, 0.25) is 0 Å². The van der Waals surface area contributed by atoms with Crippen LogP contribution in [0.5, 0.6) is 0 Å². The van der Waals surface area contributed by atoms with Gasteiger partial charge in [-0.25, -0.2) is 0 Å². The summed E-state index contributed by atoms with van der Waals surface area (Å²) in [6.07, 6.45) is 3.41. The van der Waals surface area contributed by atoms with Gasteiger partial charge in [-0.3, -0.25) is 0 Å². The fourth-order valence-electron chi connectivity index (χ4n) is 1.56. The normalized spacial score (nSPS) is 19.2. The first-order chi connectivity index (χ1) is 8.22. The molecule has 1 fully saturated rings. The van der Waals surface area contributed by atoms with Crippen molar-refractivity contribution in [2.24, 2.45) is 5.92 Å². The number of aliphatic hydroxyl groups is 1. The predicted octanol–water partition coefficient (Wildman–Crippen LogP) is 1.90. The Hall–Kier alpha value is 0.230. The van der Waals surface area contributed by atoms with Gasteiger partial charge in [-0.05, 0) is 43.6 Å². The molecule has 0 amide bonds. The van der Waals surface area contributed by atoms with Gasteiger partial charge in [0.15, 0.2) is 0 Å². The summed E-state index contributed by atoms with van der Waals surface area (Å²) in [7, 11) is 0. The summed E-state index contributed by atoms with van der Waals surface area (Å²) in [5.41, 5.74) is 0. The Morgan fingerprint density at radius 2 is 2.24 bits per heavy atom. The third kappa shape index (κ3) is 8.89. The quantitative estimate of drug-likeness (QED) is 0.557. The highest BCUT2D eigenvalue weighted by atomic mass is 32.2. The van der Waals surface area contributed by atoms with Crippen molar-refractivity contribution in [3.63, 3.8) is 0 Å². The molecule has 0 radical (unpaired) electrons. The van der Waals surface area contributed by atoms with E-state index in [0.29, 0.717) is 19.2 Å². The van der Waals surface area contributed by atoms with Gasteiger partial charge < -0.3 is 15.2 Å². The molecule has 0 saturated heterocycles. The van der Waals surface area contributed by atoms with E-state index < -0.39 is 0 Å². The molecule has 1 aliphatic rings. The van der Waals surface area contributed by atoms with Gasteiger partial charge in [-0.2, -0.15) is 11.8 Å². The van der Waals surface area contributed by atoms with Gasteiger partial charge >= 0.3 is 0 Å². The Balaban J connectivity index is 1.88. The van der Waals surface area contributed by atoms with Crippen LogP contribution >= 0.6 is 11.8 Å². The zero-order chi connectivity index (χ0) is 12.5. The topological polar surface area (TPSA) is 41.5 Å². The van der Waals surface area contributed by atoms with Gasteiger partial charge in [0, 0.05) is 19.2 Å². The molecule has 2 N–H and O–H groups in total. The first-order valence-electron chi connectivity index (χ1n) is 6.79. The molecule has 1 rings (SSSR count). The van der Waals surface area contributed by atoms with Crippen molar-refractivity contribution in [2.45, 2.75) is 45.3 Å². The van der Waals surface area contributed by atoms with Crippen LogP contribution in [0.4, 0.5) is 0 Å². The number of thioether (sulfide) groups is 1. The third-order valence-electron chi connectivity index (χ3n) is 2.96. The highest BCUT2D eigenvalue weighted by Crippen LogP contribution is 2.28. The second-order valence-electron chi connectivity index (χ2n) is 4.93. The van der Waals surface area contributed by atoms with E-state index >= 15 is 0 Å². The van der Waals surface area contributed by atoms with E-state index in [1.807, 2.05) is 11.8 Å². The van der Waals surface area contributed by atoms with Gasteiger partial charge in [0.05, 0.1) is 12.7 Å². The number of ether oxygens (including phenoxy) is 1. The Kier molecular flexibility index (Phi) is 8.27. The van der Waals surface area contributed by atoms with Crippen LogP contribution in [-0.4, -0.2) is 48.5 Å². The van der Waals surface area contributed by atoms with Crippen LogP contribution in [0, 0.1) is 5.92 Å².